The number of guanidine groups is 1. The van der Waals surface area contributed by atoms with E-state index in [1.807, 2.05) is 0 Å². The third-order valence-corrected chi connectivity index (χ3v) is 11.0. The van der Waals surface area contributed by atoms with Gasteiger partial charge in [0.25, 0.3) is 0 Å². The summed E-state index contributed by atoms with van der Waals surface area (Å²) in [5.41, 5.74) is 11.4. The van der Waals surface area contributed by atoms with Crippen molar-refractivity contribution in [3.8, 4) is 0 Å². The van der Waals surface area contributed by atoms with Crippen LogP contribution in [0.25, 0.3) is 0 Å². The Morgan fingerprint density at radius 1 is 0.569 bits per heavy atom. The van der Waals surface area contributed by atoms with Crippen molar-refractivity contribution in [1.82, 2.24) is 53.2 Å². The smallest absolute Gasteiger partial charge is 0.305 e. The van der Waals surface area contributed by atoms with Gasteiger partial charge >= 0.3 is 11.9 Å². The maximum atomic E-state index is 13.7. The number of carbonyl (C=O) groups is 12. The molecule has 0 aromatic heterocycles. The first-order chi connectivity index (χ1) is 34.1. The molecular weight excluding hydrogens is 1010 g/mol. The van der Waals surface area contributed by atoms with E-state index in [1.54, 1.807) is 43.5 Å². The van der Waals surface area contributed by atoms with Gasteiger partial charge in [-0.15, -0.1) is 0 Å². The topological polar surface area (TPSA) is 430 Å². The fourth-order valence-corrected chi connectivity index (χ4v) is 7.02. The molecule has 0 unspecified atom stereocenters. The Morgan fingerprint density at radius 2 is 1.01 bits per heavy atom. The number of thiol groups is 2. The number of amides is 10. The Bertz CT molecular complexity index is 2090. The highest BCUT2D eigenvalue weighted by molar-refractivity contribution is 7.99. The van der Waals surface area contributed by atoms with Gasteiger partial charge in [0.2, 0.25) is 59.1 Å². The van der Waals surface area contributed by atoms with Gasteiger partial charge in [0.15, 0.2) is 5.96 Å². The van der Waals surface area contributed by atoms with Crippen molar-refractivity contribution in [3.05, 3.63) is 35.9 Å². The second kappa shape index (κ2) is 34.5. The predicted molar refractivity (Wildman–Crippen MR) is 269 cm³/mol. The van der Waals surface area contributed by atoms with Gasteiger partial charge in [-0.2, -0.15) is 37.0 Å². The van der Waals surface area contributed by atoms with Crippen LogP contribution in [0.2, 0.25) is 0 Å². The number of carboxylic acids is 2. The highest BCUT2D eigenvalue weighted by atomic mass is 32.2. The summed E-state index contributed by atoms with van der Waals surface area (Å²) in [6, 6.07) is -1.84. The minimum atomic E-state index is -1.82. The highest BCUT2D eigenvalue weighted by Gasteiger charge is 2.33. The molecule has 30 heteroatoms. The van der Waals surface area contributed by atoms with Crippen LogP contribution >= 0.6 is 37.0 Å². The molecule has 0 bridgehead atoms. The second-order valence-electron chi connectivity index (χ2n) is 15.5. The first-order valence-corrected chi connectivity index (χ1v) is 24.9. The van der Waals surface area contributed by atoms with Crippen LogP contribution in [0.1, 0.15) is 51.5 Å². The van der Waals surface area contributed by atoms with Crippen molar-refractivity contribution in [1.29, 1.82) is 0 Å². The Kier molecular flexibility index (Phi) is 30.3. The number of thioether (sulfide) groups is 1. The number of rotatable bonds is 34. The van der Waals surface area contributed by atoms with Crippen LogP contribution in [0.3, 0.4) is 0 Å². The van der Waals surface area contributed by atoms with Crippen molar-refractivity contribution in [2.45, 2.75) is 94.7 Å². The zero-order valence-corrected chi connectivity index (χ0v) is 42.4. The molecule has 0 fully saturated rings. The number of nitrogens with one attached hydrogen (secondary N) is 10. The highest BCUT2D eigenvalue weighted by Crippen LogP contribution is 2.08. The van der Waals surface area contributed by atoms with Crippen LogP contribution < -0.4 is 64.6 Å². The number of carboxylic acid groups (broad SMARTS) is 2. The third kappa shape index (κ3) is 25.3. The van der Waals surface area contributed by atoms with Crippen molar-refractivity contribution in [2.24, 2.45) is 16.5 Å². The molecule has 0 heterocycles. The quantitative estimate of drug-likeness (QED) is 0.0133. The van der Waals surface area contributed by atoms with Gasteiger partial charge in [-0.3, -0.25) is 62.5 Å². The molecule has 7 atom stereocenters. The van der Waals surface area contributed by atoms with Crippen LogP contribution in [-0.4, -0.2) is 179 Å². The summed E-state index contributed by atoms with van der Waals surface area (Å²) >= 11 is 9.35. The molecule has 0 radical (unpaired) electrons. The van der Waals surface area contributed by atoms with E-state index in [1.165, 1.54) is 6.92 Å². The molecule has 0 aliphatic rings. The van der Waals surface area contributed by atoms with Crippen LogP contribution in [-0.2, 0) is 64.0 Å². The number of carbonyl (C=O) groups excluding carboxylic acids is 10. The van der Waals surface area contributed by atoms with E-state index in [-0.39, 0.29) is 62.0 Å². The third-order valence-electron chi connectivity index (χ3n) is 9.72. The number of aliphatic imine (C=N–C) groups is 1. The van der Waals surface area contributed by atoms with E-state index >= 15 is 0 Å². The molecule has 0 spiro atoms. The molecule has 10 amide bonds. The average Bonchev–Trinajstić information content (AvgIpc) is 3.32. The first-order valence-electron chi connectivity index (χ1n) is 22.2. The van der Waals surface area contributed by atoms with Crippen LogP contribution in [0.4, 0.5) is 0 Å². The minimum Gasteiger partial charge on any atom is -0.481 e. The molecule has 16 N–H and O–H groups in total. The standard InChI is InChI=1S/C42H65N13O14S3/c1-4-23(37(65)53-25(14-22-10-7-6-8-11-22)38(66)54-28(19-70)36(64)47-17-30(56)45-5-2)51-39(67)26(15-33(59)60)49-31(57)18-48-35(63)24(12-9-13-46-42(43)44)52-41(69)29(20-71)55-40(68)27(16-34(61)62)50-32(58)21-72-3/h6-8,10-11,23-29,70-71H,4-5,9,12-21H2,1-3H3,(H,45,56)(H,47,64)(H,48,63)(H,49,57)(H,50,58)(H,51,67)(H,52,69)(H,53,65)(H,54,66)(H,55,68)(H,59,60)(H,61,62)(H4,43,44,46)/t23-,24-,25-,26-,27-,28-,29-/m0/s1. The molecule has 0 aliphatic carbocycles. The maximum Gasteiger partial charge on any atom is 0.305 e. The van der Waals surface area contributed by atoms with Gasteiger partial charge in [-0.05, 0) is 38.0 Å². The van der Waals surface area contributed by atoms with Gasteiger partial charge in [-0.1, -0.05) is 37.3 Å². The molecule has 1 aromatic rings. The van der Waals surface area contributed by atoms with Crippen molar-refractivity contribution < 1.29 is 67.7 Å². The second-order valence-corrected chi connectivity index (χ2v) is 17.1. The number of hydrogen-bond acceptors (Lipinski definition) is 16. The Balaban J connectivity index is 3.20. The predicted octanol–water partition coefficient (Wildman–Crippen LogP) is -5.37. The molecule has 27 nitrogen and oxygen atoms in total. The van der Waals surface area contributed by atoms with Crippen LogP contribution in [0.5, 0.6) is 0 Å². The summed E-state index contributed by atoms with van der Waals surface area (Å²) in [7, 11) is 0. The van der Waals surface area contributed by atoms with E-state index in [4.69, 9.17) is 11.5 Å². The number of hydrogen-bond donors (Lipinski definition) is 16. The lowest BCUT2D eigenvalue weighted by Gasteiger charge is -2.26. The number of nitrogens with zero attached hydrogens (tertiary/aromatic N) is 1. The first kappa shape index (κ1) is 63.2. The molecule has 0 aliphatic heterocycles. The van der Waals surface area contributed by atoms with Crippen molar-refractivity contribution in [3.63, 3.8) is 0 Å². The summed E-state index contributed by atoms with van der Waals surface area (Å²) in [5.74, 6) is -12.7. The number of aliphatic carboxylic acids is 2. The number of likely N-dealkylation sites (N-methyl/N-ethyl adjacent to an activating group) is 1. The number of nitrogens with two attached hydrogens (primary N) is 2. The molecule has 72 heavy (non-hydrogen) atoms. The Morgan fingerprint density at radius 3 is 1.51 bits per heavy atom. The van der Waals surface area contributed by atoms with Gasteiger partial charge in [0.1, 0.15) is 42.3 Å². The van der Waals surface area contributed by atoms with E-state index in [0.717, 1.165) is 11.8 Å². The molecule has 0 saturated heterocycles. The van der Waals surface area contributed by atoms with Gasteiger partial charge in [0, 0.05) is 31.0 Å². The summed E-state index contributed by atoms with van der Waals surface area (Å²) in [6.45, 7) is 2.24. The SMILES string of the molecule is CCNC(=O)CNC(=O)[C@H](CS)NC(=O)[C@H](Cc1ccccc1)NC(=O)[C@H](CC)NC(=O)[C@H](CC(=O)O)NC(=O)CNC(=O)[C@H](CCCN=C(N)N)NC(=O)[C@H](CS)NC(=O)[C@H](CC(=O)O)NC(=O)CSC. The fourth-order valence-electron chi connectivity index (χ4n) is 6.16. The largest absolute Gasteiger partial charge is 0.481 e. The molecule has 0 saturated carbocycles. The maximum absolute atomic E-state index is 13.7. The average molecular weight is 1070 g/mol. The van der Waals surface area contributed by atoms with Crippen molar-refractivity contribution in [2.75, 3.05) is 49.7 Å². The summed E-state index contributed by atoms with van der Waals surface area (Å²) in [6.07, 6.45) is -0.475. The lowest BCUT2D eigenvalue weighted by molar-refractivity contribution is -0.141. The lowest BCUT2D eigenvalue weighted by atomic mass is 10.0. The summed E-state index contributed by atoms with van der Waals surface area (Å²) in [4.78, 5) is 158. The van der Waals surface area contributed by atoms with Crippen molar-refractivity contribution >= 4 is 114 Å². The van der Waals surface area contributed by atoms with Gasteiger partial charge in [-0.25, -0.2) is 0 Å². The van der Waals surface area contributed by atoms with E-state index in [2.05, 4.69) is 83.4 Å². The monoisotopic (exact) mass is 1070 g/mol. The van der Waals surface area contributed by atoms with Gasteiger partial charge < -0.3 is 74.8 Å². The zero-order valence-electron chi connectivity index (χ0n) is 39.8. The normalized spacial score (nSPS) is 13.5. The van der Waals surface area contributed by atoms with Gasteiger partial charge in [0.05, 0.1) is 31.7 Å². The minimum absolute atomic E-state index is 0.0116. The number of benzene rings is 1. The lowest BCUT2D eigenvalue weighted by Crippen LogP contribution is -2.59. The van der Waals surface area contributed by atoms with E-state index < -0.39 is 133 Å². The Hall–Kier alpha value is -6.82. The summed E-state index contributed by atoms with van der Waals surface area (Å²) < 4.78 is 0. The zero-order chi connectivity index (χ0) is 54.3. The summed E-state index contributed by atoms with van der Waals surface area (Å²) in [5, 5.41) is 42.7. The van der Waals surface area contributed by atoms with Crippen LogP contribution in [0, 0.1) is 0 Å². The molecular formula is C42H65N13O14S3. The molecule has 1 rings (SSSR count). The Labute approximate surface area is 430 Å². The molecule has 1 aromatic carbocycles. The van der Waals surface area contributed by atoms with E-state index in [0.29, 0.717) is 12.1 Å². The van der Waals surface area contributed by atoms with Crippen LogP contribution in [0.15, 0.2) is 35.3 Å². The fraction of sp³-hybridized carbons (Fsp3) is 0.548. The van der Waals surface area contributed by atoms with E-state index in [9.17, 15) is 67.7 Å². The molecule has 400 valence electrons.